The van der Waals surface area contributed by atoms with Crippen LogP contribution in [-0.2, 0) is 6.54 Å². The van der Waals surface area contributed by atoms with Gasteiger partial charge in [0.2, 0.25) is 0 Å². The summed E-state index contributed by atoms with van der Waals surface area (Å²) in [6.07, 6.45) is 1.75. The highest BCUT2D eigenvalue weighted by Crippen LogP contribution is 2.26. The molecule has 22 heavy (non-hydrogen) atoms. The molecule has 7 heteroatoms. The van der Waals surface area contributed by atoms with Crippen molar-refractivity contribution in [3.63, 3.8) is 0 Å². The molecule has 0 unspecified atom stereocenters. The Balaban J connectivity index is 1.87. The van der Waals surface area contributed by atoms with E-state index in [0.717, 1.165) is 16.6 Å². The van der Waals surface area contributed by atoms with Crippen molar-refractivity contribution in [2.45, 2.75) is 13.5 Å². The topological polar surface area (TPSA) is 76.7 Å². The van der Waals surface area contributed by atoms with E-state index >= 15 is 0 Å². The van der Waals surface area contributed by atoms with Crippen molar-refractivity contribution in [3.05, 3.63) is 51.9 Å². The van der Waals surface area contributed by atoms with E-state index in [2.05, 4.69) is 20.3 Å². The van der Waals surface area contributed by atoms with Gasteiger partial charge in [-0.05, 0) is 36.8 Å². The van der Waals surface area contributed by atoms with Gasteiger partial charge in [0.25, 0.3) is 0 Å². The highest BCUT2D eigenvalue weighted by Gasteiger charge is 2.06. The molecule has 0 amide bonds. The molecule has 1 aromatic carbocycles. The summed E-state index contributed by atoms with van der Waals surface area (Å²) in [5, 5.41) is 5.20. The van der Waals surface area contributed by atoms with E-state index in [0.29, 0.717) is 33.9 Å². The second-order valence-corrected chi connectivity index (χ2v) is 5.69. The van der Waals surface area contributed by atoms with Gasteiger partial charge in [-0.2, -0.15) is 0 Å². The molecule has 2 aromatic heterocycles. The molecule has 5 nitrogen and oxygen atoms in total. The lowest BCUT2D eigenvalue weighted by Crippen LogP contribution is -2.03. The third-order valence-corrected chi connectivity index (χ3v) is 3.73. The zero-order chi connectivity index (χ0) is 15.7. The quantitative estimate of drug-likeness (QED) is 0.761. The number of hydrogen-bond donors (Lipinski definition) is 2. The molecule has 3 aromatic rings. The van der Waals surface area contributed by atoms with Gasteiger partial charge in [-0.25, -0.2) is 15.0 Å². The summed E-state index contributed by atoms with van der Waals surface area (Å²) in [6, 6.07) is 7.19. The van der Waals surface area contributed by atoms with Crippen LogP contribution in [0.15, 0.2) is 30.5 Å². The monoisotopic (exact) mass is 333 g/mol. The van der Waals surface area contributed by atoms with E-state index in [-0.39, 0.29) is 0 Å². The van der Waals surface area contributed by atoms with Crippen LogP contribution in [0.25, 0.3) is 11.0 Å². The molecule has 0 aliphatic heterocycles. The number of pyridine rings is 1. The SMILES string of the molecule is Cc1nc(N)c2cc(CNc3cc(Cl)ccc3Cl)cnc2n1. The molecule has 0 radical (unpaired) electrons. The highest BCUT2D eigenvalue weighted by molar-refractivity contribution is 6.35. The summed E-state index contributed by atoms with van der Waals surface area (Å²) in [4.78, 5) is 12.7. The van der Waals surface area contributed by atoms with Gasteiger partial charge in [0.05, 0.1) is 16.1 Å². The molecule has 0 saturated heterocycles. The first-order valence-corrected chi connectivity index (χ1v) is 7.36. The highest BCUT2D eigenvalue weighted by atomic mass is 35.5. The summed E-state index contributed by atoms with van der Waals surface area (Å²) < 4.78 is 0. The molecule has 3 N–H and O–H groups in total. The first-order chi connectivity index (χ1) is 10.5. The third kappa shape index (κ3) is 3.05. The fourth-order valence-corrected chi connectivity index (χ4v) is 2.47. The van der Waals surface area contributed by atoms with Crippen LogP contribution in [0.2, 0.25) is 10.0 Å². The lowest BCUT2D eigenvalue weighted by Gasteiger charge is -2.10. The van der Waals surface area contributed by atoms with Gasteiger partial charge in [0.1, 0.15) is 11.6 Å². The van der Waals surface area contributed by atoms with E-state index < -0.39 is 0 Å². The summed E-state index contributed by atoms with van der Waals surface area (Å²) in [7, 11) is 0. The molecule has 3 rings (SSSR count). The maximum atomic E-state index is 6.12. The van der Waals surface area contributed by atoms with Crippen LogP contribution >= 0.6 is 23.2 Å². The van der Waals surface area contributed by atoms with E-state index in [9.17, 15) is 0 Å². The van der Waals surface area contributed by atoms with Crippen LogP contribution in [0.5, 0.6) is 0 Å². The molecule has 0 spiro atoms. The number of aromatic nitrogens is 3. The van der Waals surface area contributed by atoms with Crippen LogP contribution < -0.4 is 11.1 Å². The van der Waals surface area contributed by atoms with Crippen molar-refractivity contribution in [1.82, 2.24) is 15.0 Å². The average Bonchev–Trinajstić information content (AvgIpc) is 2.48. The second kappa shape index (κ2) is 5.94. The third-order valence-electron chi connectivity index (χ3n) is 3.16. The summed E-state index contributed by atoms with van der Waals surface area (Å²) >= 11 is 12.1. The van der Waals surface area contributed by atoms with Crippen molar-refractivity contribution < 1.29 is 0 Å². The number of aryl methyl sites for hydroxylation is 1. The molecule has 0 fully saturated rings. The molecule has 2 heterocycles. The van der Waals surface area contributed by atoms with Gasteiger partial charge in [0.15, 0.2) is 5.65 Å². The predicted octanol–water partition coefficient (Wildman–Crippen LogP) is 3.83. The number of fused-ring (bicyclic) bond motifs is 1. The average molecular weight is 334 g/mol. The zero-order valence-electron chi connectivity index (χ0n) is 11.8. The number of hydrogen-bond acceptors (Lipinski definition) is 5. The van der Waals surface area contributed by atoms with Crippen molar-refractivity contribution in [2.75, 3.05) is 11.1 Å². The molecule has 0 aliphatic rings. The van der Waals surface area contributed by atoms with Gasteiger partial charge >= 0.3 is 0 Å². The summed E-state index contributed by atoms with van der Waals surface area (Å²) in [5.74, 6) is 1.03. The summed E-state index contributed by atoms with van der Waals surface area (Å²) in [6.45, 7) is 2.32. The van der Waals surface area contributed by atoms with Gasteiger partial charge < -0.3 is 11.1 Å². The lowest BCUT2D eigenvalue weighted by atomic mass is 10.2. The van der Waals surface area contributed by atoms with Crippen LogP contribution in [0.1, 0.15) is 11.4 Å². The van der Waals surface area contributed by atoms with Crippen LogP contribution in [0.3, 0.4) is 0 Å². The van der Waals surface area contributed by atoms with Gasteiger partial charge in [-0.3, -0.25) is 0 Å². The smallest absolute Gasteiger partial charge is 0.164 e. The van der Waals surface area contributed by atoms with E-state index in [1.165, 1.54) is 0 Å². The predicted molar refractivity (Wildman–Crippen MR) is 90.3 cm³/mol. The molecular formula is C15H13Cl2N5. The maximum absolute atomic E-state index is 6.12. The Morgan fingerprint density at radius 3 is 2.82 bits per heavy atom. The van der Waals surface area contributed by atoms with E-state index in [1.807, 2.05) is 6.07 Å². The van der Waals surface area contributed by atoms with Crippen molar-refractivity contribution >= 4 is 45.7 Å². The number of anilines is 2. The van der Waals surface area contributed by atoms with Crippen molar-refractivity contribution in [1.29, 1.82) is 0 Å². The van der Waals surface area contributed by atoms with E-state index in [4.69, 9.17) is 28.9 Å². The standard InChI is InChI=1S/C15H13Cl2N5/c1-8-21-14(18)11-4-9(7-20-15(11)22-8)6-19-13-5-10(16)2-3-12(13)17/h2-5,7,19H,6H2,1H3,(H2,18,20,21,22). The van der Waals surface area contributed by atoms with Gasteiger partial charge in [0, 0.05) is 17.8 Å². The Morgan fingerprint density at radius 2 is 2.00 bits per heavy atom. The first kappa shape index (κ1) is 14.8. The number of halogens is 2. The van der Waals surface area contributed by atoms with Crippen molar-refractivity contribution in [2.24, 2.45) is 0 Å². The largest absolute Gasteiger partial charge is 0.383 e. The molecule has 112 valence electrons. The van der Waals surface area contributed by atoms with E-state index in [1.54, 1.807) is 31.3 Å². The molecule has 0 atom stereocenters. The molecule has 0 saturated carbocycles. The van der Waals surface area contributed by atoms with Gasteiger partial charge in [-0.15, -0.1) is 0 Å². The Labute approximate surface area is 137 Å². The minimum atomic E-state index is 0.428. The van der Waals surface area contributed by atoms with Crippen LogP contribution in [0.4, 0.5) is 11.5 Å². The number of nitrogen functional groups attached to an aromatic ring is 1. The second-order valence-electron chi connectivity index (χ2n) is 4.85. The summed E-state index contributed by atoms with van der Waals surface area (Å²) in [5.41, 5.74) is 8.23. The lowest BCUT2D eigenvalue weighted by molar-refractivity contribution is 1.06. The Kier molecular flexibility index (Phi) is 4.00. The maximum Gasteiger partial charge on any atom is 0.164 e. The zero-order valence-corrected chi connectivity index (χ0v) is 13.3. The Bertz CT molecular complexity index is 851. The molecular weight excluding hydrogens is 321 g/mol. The van der Waals surface area contributed by atoms with Crippen LogP contribution in [-0.4, -0.2) is 15.0 Å². The van der Waals surface area contributed by atoms with Crippen molar-refractivity contribution in [3.8, 4) is 0 Å². The Morgan fingerprint density at radius 1 is 1.18 bits per heavy atom. The number of rotatable bonds is 3. The molecule has 0 aliphatic carbocycles. The normalized spacial score (nSPS) is 10.9. The fourth-order valence-electron chi connectivity index (χ4n) is 2.12. The minimum Gasteiger partial charge on any atom is -0.383 e. The first-order valence-electron chi connectivity index (χ1n) is 6.60. The fraction of sp³-hybridized carbons (Fsp3) is 0.133. The minimum absolute atomic E-state index is 0.428. The number of nitrogens with zero attached hydrogens (tertiary/aromatic N) is 3. The molecule has 0 bridgehead atoms. The van der Waals surface area contributed by atoms with Crippen LogP contribution in [0, 0.1) is 6.92 Å². The van der Waals surface area contributed by atoms with Gasteiger partial charge in [-0.1, -0.05) is 23.2 Å². The number of nitrogens with one attached hydrogen (secondary N) is 1. The number of benzene rings is 1. The Hall–Kier alpha value is -2.11. The number of nitrogens with two attached hydrogens (primary N) is 1.